The summed E-state index contributed by atoms with van der Waals surface area (Å²) in [6.07, 6.45) is 14.1. The minimum Gasteiger partial charge on any atom is -0.465 e. The van der Waals surface area contributed by atoms with E-state index in [1.165, 1.54) is 64.2 Å². The third kappa shape index (κ3) is 12.1. The van der Waals surface area contributed by atoms with Crippen LogP contribution in [0.3, 0.4) is 0 Å². The summed E-state index contributed by atoms with van der Waals surface area (Å²) in [5.41, 5.74) is 0. The lowest BCUT2D eigenvalue weighted by Crippen LogP contribution is -2.20. The Morgan fingerprint density at radius 1 is 0.818 bits per heavy atom. The zero-order chi connectivity index (χ0) is 16.6. The maximum absolute atomic E-state index is 11.9. The molecule has 132 valence electrons. The predicted molar refractivity (Wildman–Crippen MR) is 96.0 cm³/mol. The first-order valence-corrected chi connectivity index (χ1v) is 9.81. The topological polar surface area (TPSA) is 26.3 Å². The quantitative estimate of drug-likeness (QED) is 0.254. The number of hydrogen-bond acceptors (Lipinski definition) is 2. The van der Waals surface area contributed by atoms with Gasteiger partial charge in [0.1, 0.15) is 0 Å². The molecule has 0 bridgehead atoms. The molecular formula is C20H40O2. The smallest absolute Gasteiger partial charge is 0.305 e. The summed E-state index contributed by atoms with van der Waals surface area (Å²) >= 11 is 0. The Bertz CT molecular complexity index is 250. The molecule has 0 radical (unpaired) electrons. The number of esters is 1. The fraction of sp³-hybridized carbons (Fsp3) is 0.950. The molecule has 0 heterocycles. The highest BCUT2D eigenvalue weighted by atomic mass is 16.5. The Kier molecular flexibility index (Phi) is 15.0. The zero-order valence-electron chi connectivity index (χ0n) is 15.7. The van der Waals surface area contributed by atoms with Crippen LogP contribution in [0.25, 0.3) is 0 Å². The lowest BCUT2D eigenvalue weighted by Gasteiger charge is -2.23. The molecule has 0 aliphatic carbocycles. The minimum absolute atomic E-state index is 0.0132. The van der Waals surface area contributed by atoms with Gasteiger partial charge in [-0.15, -0.1) is 0 Å². The molecule has 0 aromatic carbocycles. The van der Waals surface area contributed by atoms with E-state index in [1.54, 1.807) is 0 Å². The van der Waals surface area contributed by atoms with Crippen molar-refractivity contribution in [2.24, 2.45) is 11.8 Å². The highest BCUT2D eigenvalue weighted by molar-refractivity contribution is 5.69. The Morgan fingerprint density at radius 3 is 2.09 bits per heavy atom. The van der Waals surface area contributed by atoms with E-state index in [0.717, 1.165) is 6.42 Å². The van der Waals surface area contributed by atoms with Crippen molar-refractivity contribution in [3.63, 3.8) is 0 Å². The number of hydrogen-bond donors (Lipinski definition) is 0. The molecule has 0 rings (SSSR count). The SMILES string of the molecule is CCCCCCCCC(=O)OCC(CCC)C(C)CCCC. The van der Waals surface area contributed by atoms with Crippen molar-refractivity contribution in [3.8, 4) is 0 Å². The van der Waals surface area contributed by atoms with Crippen LogP contribution in [-0.4, -0.2) is 12.6 Å². The van der Waals surface area contributed by atoms with Gasteiger partial charge in [-0.25, -0.2) is 0 Å². The second-order valence-electron chi connectivity index (χ2n) is 6.87. The number of ether oxygens (including phenoxy) is 1. The van der Waals surface area contributed by atoms with Gasteiger partial charge in [-0.3, -0.25) is 4.79 Å². The van der Waals surface area contributed by atoms with Crippen molar-refractivity contribution < 1.29 is 9.53 Å². The van der Waals surface area contributed by atoms with Gasteiger partial charge in [0.2, 0.25) is 0 Å². The molecule has 0 aliphatic heterocycles. The molecule has 0 N–H and O–H groups in total. The highest BCUT2D eigenvalue weighted by Gasteiger charge is 2.18. The first-order chi connectivity index (χ1) is 10.7. The molecule has 2 heteroatoms. The molecule has 2 nitrogen and oxygen atoms in total. The molecule has 0 fully saturated rings. The maximum Gasteiger partial charge on any atom is 0.305 e. The Labute approximate surface area is 139 Å². The van der Waals surface area contributed by atoms with Crippen LogP contribution in [0, 0.1) is 11.8 Å². The lowest BCUT2D eigenvalue weighted by molar-refractivity contribution is -0.145. The van der Waals surface area contributed by atoms with E-state index in [9.17, 15) is 4.79 Å². The summed E-state index contributed by atoms with van der Waals surface area (Å²) in [6.45, 7) is 9.64. The minimum atomic E-state index is 0.0132. The van der Waals surface area contributed by atoms with E-state index >= 15 is 0 Å². The summed E-state index contributed by atoms with van der Waals surface area (Å²) in [7, 11) is 0. The molecule has 0 amide bonds. The van der Waals surface area contributed by atoms with E-state index in [2.05, 4.69) is 27.7 Å². The van der Waals surface area contributed by atoms with Gasteiger partial charge in [0.05, 0.1) is 6.61 Å². The third-order valence-electron chi connectivity index (χ3n) is 4.67. The number of rotatable bonds is 15. The van der Waals surface area contributed by atoms with Gasteiger partial charge in [0.15, 0.2) is 0 Å². The van der Waals surface area contributed by atoms with E-state index in [1.807, 2.05) is 0 Å². The normalized spacial score (nSPS) is 13.8. The average molecular weight is 313 g/mol. The molecule has 0 spiro atoms. The average Bonchev–Trinajstić information content (AvgIpc) is 2.52. The lowest BCUT2D eigenvalue weighted by atomic mass is 9.87. The van der Waals surface area contributed by atoms with Gasteiger partial charge in [-0.1, -0.05) is 85.5 Å². The van der Waals surface area contributed by atoms with Crippen LogP contribution in [0.2, 0.25) is 0 Å². The number of carbonyl (C=O) groups is 1. The van der Waals surface area contributed by atoms with E-state index < -0.39 is 0 Å². The zero-order valence-corrected chi connectivity index (χ0v) is 15.7. The van der Waals surface area contributed by atoms with Crippen molar-refractivity contribution in [1.29, 1.82) is 0 Å². The second kappa shape index (κ2) is 15.4. The van der Waals surface area contributed by atoms with Crippen LogP contribution >= 0.6 is 0 Å². The first-order valence-electron chi connectivity index (χ1n) is 9.81. The van der Waals surface area contributed by atoms with Crippen LogP contribution < -0.4 is 0 Å². The molecular weight excluding hydrogens is 272 g/mol. The van der Waals surface area contributed by atoms with Crippen molar-refractivity contribution in [2.75, 3.05) is 6.61 Å². The van der Waals surface area contributed by atoms with Crippen molar-refractivity contribution in [1.82, 2.24) is 0 Å². The number of carbonyl (C=O) groups excluding carboxylic acids is 1. The van der Waals surface area contributed by atoms with E-state index in [4.69, 9.17) is 4.74 Å². The Hall–Kier alpha value is -0.530. The fourth-order valence-corrected chi connectivity index (χ4v) is 2.99. The van der Waals surface area contributed by atoms with Gasteiger partial charge in [-0.05, 0) is 24.7 Å². The standard InChI is InChI=1S/C20H40O2/c1-5-8-10-11-12-13-16-20(21)22-17-19(14-7-3)18(4)15-9-6-2/h18-19H,5-17H2,1-4H3. The van der Waals surface area contributed by atoms with Gasteiger partial charge in [0, 0.05) is 6.42 Å². The molecule has 0 aromatic heterocycles. The van der Waals surface area contributed by atoms with Crippen LogP contribution in [0.4, 0.5) is 0 Å². The fourth-order valence-electron chi connectivity index (χ4n) is 2.99. The Balaban J connectivity index is 3.81. The molecule has 2 unspecified atom stereocenters. The predicted octanol–water partition coefficient (Wildman–Crippen LogP) is 6.52. The van der Waals surface area contributed by atoms with Crippen LogP contribution in [0.1, 0.15) is 105 Å². The summed E-state index contributed by atoms with van der Waals surface area (Å²) in [5, 5.41) is 0. The van der Waals surface area contributed by atoms with Crippen molar-refractivity contribution >= 4 is 5.97 Å². The van der Waals surface area contributed by atoms with Crippen LogP contribution in [-0.2, 0) is 9.53 Å². The van der Waals surface area contributed by atoms with Gasteiger partial charge in [0.25, 0.3) is 0 Å². The summed E-state index contributed by atoms with van der Waals surface area (Å²) in [5.74, 6) is 1.23. The molecule has 2 atom stereocenters. The monoisotopic (exact) mass is 312 g/mol. The van der Waals surface area contributed by atoms with E-state index in [0.29, 0.717) is 24.9 Å². The van der Waals surface area contributed by atoms with Crippen molar-refractivity contribution in [3.05, 3.63) is 0 Å². The molecule has 0 saturated carbocycles. The van der Waals surface area contributed by atoms with E-state index in [-0.39, 0.29) is 5.97 Å². The van der Waals surface area contributed by atoms with Crippen LogP contribution in [0.15, 0.2) is 0 Å². The van der Waals surface area contributed by atoms with Gasteiger partial charge >= 0.3 is 5.97 Å². The molecule has 0 saturated heterocycles. The van der Waals surface area contributed by atoms with Gasteiger partial charge in [-0.2, -0.15) is 0 Å². The highest BCUT2D eigenvalue weighted by Crippen LogP contribution is 2.23. The first kappa shape index (κ1) is 21.5. The second-order valence-corrected chi connectivity index (χ2v) is 6.87. The third-order valence-corrected chi connectivity index (χ3v) is 4.67. The largest absolute Gasteiger partial charge is 0.465 e. The summed E-state index contributed by atoms with van der Waals surface area (Å²) < 4.78 is 5.55. The van der Waals surface area contributed by atoms with Crippen molar-refractivity contribution in [2.45, 2.75) is 105 Å². The Morgan fingerprint density at radius 2 is 1.45 bits per heavy atom. The molecule has 0 aliphatic rings. The summed E-state index contributed by atoms with van der Waals surface area (Å²) in [6, 6.07) is 0. The van der Waals surface area contributed by atoms with Crippen LogP contribution in [0.5, 0.6) is 0 Å². The molecule has 0 aromatic rings. The molecule has 22 heavy (non-hydrogen) atoms. The summed E-state index contributed by atoms with van der Waals surface area (Å²) in [4.78, 5) is 11.9. The van der Waals surface area contributed by atoms with Gasteiger partial charge < -0.3 is 4.74 Å². The number of unbranched alkanes of at least 4 members (excludes halogenated alkanes) is 6. The maximum atomic E-state index is 11.9.